The van der Waals surface area contributed by atoms with E-state index in [9.17, 15) is 21.6 Å². The third kappa shape index (κ3) is 3.71. The van der Waals surface area contributed by atoms with E-state index in [1.807, 2.05) is 0 Å². The number of aromatic nitrogens is 1. The van der Waals surface area contributed by atoms with E-state index in [1.54, 1.807) is 48.5 Å². The van der Waals surface area contributed by atoms with Crippen molar-refractivity contribution in [1.82, 2.24) is 9.29 Å². The standard InChI is InChI=1S/C24H23N3O5S2/c28-17-19-16-23-22(18-8-10-21(11-9-18)33(29,30)26-14-4-5-15-26)12-13-25-24(23)27(19)34(31,32)20-6-2-1-3-7-20/h1-3,6-13,17,19H,4-5,14-16H2. The van der Waals surface area contributed by atoms with Crippen LogP contribution in [0.3, 0.4) is 0 Å². The van der Waals surface area contributed by atoms with Gasteiger partial charge >= 0.3 is 0 Å². The maximum Gasteiger partial charge on any atom is 0.266 e. The van der Waals surface area contributed by atoms with Gasteiger partial charge in [0.05, 0.1) is 9.79 Å². The van der Waals surface area contributed by atoms with Crippen molar-refractivity contribution in [2.75, 3.05) is 17.4 Å². The summed E-state index contributed by atoms with van der Waals surface area (Å²) in [4.78, 5) is 16.5. The van der Waals surface area contributed by atoms with Gasteiger partial charge in [-0.15, -0.1) is 0 Å². The molecule has 0 amide bonds. The lowest BCUT2D eigenvalue weighted by Crippen LogP contribution is -2.39. The summed E-state index contributed by atoms with van der Waals surface area (Å²) in [6.45, 7) is 1.06. The molecule has 0 saturated carbocycles. The van der Waals surface area contributed by atoms with Gasteiger partial charge in [0.2, 0.25) is 10.0 Å². The van der Waals surface area contributed by atoms with Crippen molar-refractivity contribution in [3.05, 3.63) is 72.4 Å². The average Bonchev–Trinajstić information content (AvgIpc) is 3.53. The summed E-state index contributed by atoms with van der Waals surface area (Å²) in [5, 5.41) is 0. The van der Waals surface area contributed by atoms with Crippen molar-refractivity contribution < 1.29 is 21.6 Å². The molecule has 2 aliphatic rings. The lowest BCUT2D eigenvalue weighted by molar-refractivity contribution is -0.108. The summed E-state index contributed by atoms with van der Waals surface area (Å²) in [5.74, 6) is 0.215. The fourth-order valence-electron chi connectivity index (χ4n) is 4.58. The molecule has 1 fully saturated rings. The summed E-state index contributed by atoms with van der Waals surface area (Å²) in [5.41, 5.74) is 2.07. The summed E-state index contributed by atoms with van der Waals surface area (Å²) in [6.07, 6.45) is 4.03. The topological polar surface area (TPSA) is 105 Å². The third-order valence-electron chi connectivity index (χ3n) is 6.28. The maximum atomic E-state index is 13.4. The molecule has 3 heterocycles. The minimum atomic E-state index is -3.99. The quantitative estimate of drug-likeness (QED) is 0.485. The van der Waals surface area contributed by atoms with Gasteiger partial charge in [0, 0.05) is 31.3 Å². The normalized spacial score (nSPS) is 18.7. The van der Waals surface area contributed by atoms with Crippen LogP contribution in [-0.4, -0.2) is 51.5 Å². The molecule has 1 aromatic heterocycles. The number of benzene rings is 2. The van der Waals surface area contributed by atoms with Gasteiger partial charge in [0.25, 0.3) is 10.0 Å². The van der Waals surface area contributed by atoms with E-state index in [1.165, 1.54) is 22.6 Å². The molecule has 3 aromatic rings. The minimum Gasteiger partial charge on any atom is -0.301 e. The fraction of sp³-hybridized carbons (Fsp3) is 0.250. The number of hydrogen-bond acceptors (Lipinski definition) is 6. The number of anilines is 1. The maximum absolute atomic E-state index is 13.4. The Bertz CT molecular complexity index is 1430. The second-order valence-electron chi connectivity index (χ2n) is 8.32. The van der Waals surface area contributed by atoms with E-state index in [2.05, 4.69) is 4.98 Å². The van der Waals surface area contributed by atoms with E-state index >= 15 is 0 Å². The van der Waals surface area contributed by atoms with Crippen LogP contribution >= 0.6 is 0 Å². The lowest BCUT2D eigenvalue weighted by Gasteiger charge is -2.22. The van der Waals surface area contributed by atoms with Crippen LogP contribution in [0.4, 0.5) is 5.82 Å². The molecule has 0 aliphatic carbocycles. The van der Waals surface area contributed by atoms with Gasteiger partial charge in [-0.25, -0.2) is 26.1 Å². The Morgan fingerprint density at radius 1 is 0.824 bits per heavy atom. The van der Waals surface area contributed by atoms with E-state index in [0.29, 0.717) is 30.5 Å². The molecule has 2 aromatic carbocycles. The molecule has 0 bridgehead atoms. The highest BCUT2D eigenvalue weighted by atomic mass is 32.2. The smallest absolute Gasteiger partial charge is 0.266 e. The van der Waals surface area contributed by atoms with Crippen molar-refractivity contribution in [3.63, 3.8) is 0 Å². The summed E-state index contributed by atoms with van der Waals surface area (Å²) >= 11 is 0. The van der Waals surface area contributed by atoms with Crippen molar-refractivity contribution in [3.8, 4) is 11.1 Å². The Morgan fingerprint density at radius 3 is 2.12 bits per heavy atom. The Kier molecular flexibility index (Phi) is 5.75. The minimum absolute atomic E-state index is 0.0818. The Labute approximate surface area is 199 Å². The van der Waals surface area contributed by atoms with Crippen LogP contribution < -0.4 is 4.31 Å². The largest absolute Gasteiger partial charge is 0.301 e. The van der Waals surface area contributed by atoms with Crippen LogP contribution in [0.1, 0.15) is 18.4 Å². The molecular weight excluding hydrogens is 474 g/mol. The van der Waals surface area contributed by atoms with Crippen LogP contribution in [0.5, 0.6) is 0 Å². The molecular formula is C24H23N3O5S2. The predicted molar refractivity (Wildman–Crippen MR) is 127 cm³/mol. The van der Waals surface area contributed by atoms with E-state index in [-0.39, 0.29) is 22.0 Å². The second-order valence-corrected chi connectivity index (χ2v) is 12.1. The molecule has 0 radical (unpaired) electrons. The zero-order chi connectivity index (χ0) is 23.9. The fourth-order valence-corrected chi connectivity index (χ4v) is 7.69. The number of hydrogen-bond donors (Lipinski definition) is 0. The number of pyridine rings is 1. The molecule has 1 saturated heterocycles. The number of aldehydes is 1. The van der Waals surface area contributed by atoms with Gasteiger partial charge in [-0.05, 0) is 54.3 Å². The zero-order valence-electron chi connectivity index (χ0n) is 18.2. The molecule has 8 nitrogen and oxygen atoms in total. The van der Waals surface area contributed by atoms with Crippen LogP contribution in [0.25, 0.3) is 11.1 Å². The Hall–Kier alpha value is -3.08. The van der Waals surface area contributed by atoms with E-state index < -0.39 is 26.1 Å². The van der Waals surface area contributed by atoms with Crippen LogP contribution in [0.15, 0.2) is 76.7 Å². The SMILES string of the molecule is O=CC1Cc2c(-c3ccc(S(=O)(=O)N4CCCC4)cc3)ccnc2N1S(=O)(=O)c1ccccc1. The highest BCUT2D eigenvalue weighted by molar-refractivity contribution is 7.93. The first-order chi connectivity index (χ1) is 16.3. The first-order valence-corrected chi connectivity index (χ1v) is 13.9. The highest BCUT2D eigenvalue weighted by Crippen LogP contribution is 2.40. The molecule has 10 heteroatoms. The van der Waals surface area contributed by atoms with Crippen molar-refractivity contribution >= 4 is 32.2 Å². The molecule has 0 N–H and O–H groups in total. The average molecular weight is 498 g/mol. The van der Waals surface area contributed by atoms with Gasteiger partial charge in [-0.3, -0.25) is 0 Å². The van der Waals surface area contributed by atoms with E-state index in [0.717, 1.165) is 22.7 Å². The van der Waals surface area contributed by atoms with Gasteiger partial charge in [0.15, 0.2) is 0 Å². The highest BCUT2D eigenvalue weighted by Gasteiger charge is 2.40. The zero-order valence-corrected chi connectivity index (χ0v) is 19.9. The monoisotopic (exact) mass is 497 g/mol. The summed E-state index contributed by atoms with van der Waals surface area (Å²) in [6, 6.07) is 15.3. The molecule has 0 spiro atoms. The van der Waals surface area contributed by atoms with Crippen molar-refractivity contribution in [2.45, 2.75) is 35.1 Å². The predicted octanol–water partition coefficient (Wildman–Crippen LogP) is 2.85. The molecule has 1 atom stereocenters. The van der Waals surface area contributed by atoms with Gasteiger partial charge in [0.1, 0.15) is 18.1 Å². The Balaban J connectivity index is 1.54. The molecule has 5 rings (SSSR count). The number of rotatable bonds is 6. The summed E-state index contributed by atoms with van der Waals surface area (Å²) < 4.78 is 55.0. The third-order valence-corrected chi connectivity index (χ3v) is 10.0. The van der Waals surface area contributed by atoms with Gasteiger partial charge in [-0.1, -0.05) is 30.3 Å². The molecule has 176 valence electrons. The van der Waals surface area contributed by atoms with Crippen molar-refractivity contribution in [2.24, 2.45) is 0 Å². The number of carbonyl (C=O) groups excluding carboxylic acids is 1. The number of carbonyl (C=O) groups is 1. The lowest BCUT2D eigenvalue weighted by atomic mass is 9.99. The van der Waals surface area contributed by atoms with Gasteiger partial charge < -0.3 is 4.79 Å². The van der Waals surface area contributed by atoms with E-state index in [4.69, 9.17) is 0 Å². The number of fused-ring (bicyclic) bond motifs is 1. The number of nitrogens with zero attached hydrogens (tertiary/aromatic N) is 3. The van der Waals surface area contributed by atoms with Crippen LogP contribution in [-0.2, 0) is 31.3 Å². The first kappa shape index (κ1) is 22.7. The van der Waals surface area contributed by atoms with Crippen LogP contribution in [0, 0.1) is 0 Å². The van der Waals surface area contributed by atoms with Crippen LogP contribution in [0.2, 0.25) is 0 Å². The van der Waals surface area contributed by atoms with Gasteiger partial charge in [-0.2, -0.15) is 4.31 Å². The molecule has 2 aliphatic heterocycles. The summed E-state index contributed by atoms with van der Waals surface area (Å²) in [7, 11) is -7.53. The second kappa shape index (κ2) is 8.61. The number of sulfonamides is 2. The first-order valence-electron chi connectivity index (χ1n) is 11.0. The molecule has 1 unspecified atom stereocenters. The Morgan fingerprint density at radius 2 is 1.47 bits per heavy atom. The molecule has 34 heavy (non-hydrogen) atoms. The van der Waals surface area contributed by atoms with Crippen molar-refractivity contribution in [1.29, 1.82) is 0 Å².